The Hall–Kier alpha value is -3.51. The van der Waals surface area contributed by atoms with Gasteiger partial charge in [-0.3, -0.25) is 4.79 Å². The Kier molecular flexibility index (Phi) is 6.61. The van der Waals surface area contributed by atoms with Crippen LogP contribution in [0.2, 0.25) is 5.02 Å². The molecule has 1 atom stereocenters. The van der Waals surface area contributed by atoms with E-state index in [0.29, 0.717) is 17.3 Å². The smallest absolute Gasteiger partial charge is 0.258 e. The Labute approximate surface area is 191 Å². The van der Waals surface area contributed by atoms with Gasteiger partial charge in [-0.1, -0.05) is 35.9 Å². The fourth-order valence-electron chi connectivity index (χ4n) is 3.53. The fraction of sp³-hybridized carbons (Fsp3) is 0.200. The van der Waals surface area contributed by atoms with Gasteiger partial charge in [-0.25, -0.2) is 4.98 Å². The summed E-state index contributed by atoms with van der Waals surface area (Å²) < 4.78 is 12.9. The van der Waals surface area contributed by atoms with Crippen molar-refractivity contribution in [1.82, 2.24) is 14.9 Å². The number of hydrogen-bond acceptors (Lipinski definition) is 4. The molecular formula is C25H24ClN3O3. The van der Waals surface area contributed by atoms with Gasteiger partial charge in [-0.15, -0.1) is 0 Å². The highest BCUT2D eigenvalue weighted by Gasteiger charge is 2.19. The van der Waals surface area contributed by atoms with Crippen LogP contribution in [0, 0.1) is 0 Å². The van der Waals surface area contributed by atoms with E-state index >= 15 is 0 Å². The molecule has 32 heavy (non-hydrogen) atoms. The summed E-state index contributed by atoms with van der Waals surface area (Å²) >= 11 is 5.88. The van der Waals surface area contributed by atoms with Crippen molar-refractivity contribution in [2.24, 2.45) is 0 Å². The maximum Gasteiger partial charge on any atom is 0.258 e. The van der Waals surface area contributed by atoms with Crippen LogP contribution in [-0.4, -0.2) is 29.2 Å². The first kappa shape index (κ1) is 21.7. The molecule has 1 N–H and O–H groups in total. The van der Waals surface area contributed by atoms with E-state index in [1.807, 2.05) is 55.5 Å². The Balaban J connectivity index is 1.51. The van der Waals surface area contributed by atoms with Gasteiger partial charge in [0.05, 0.1) is 24.2 Å². The summed E-state index contributed by atoms with van der Waals surface area (Å²) in [4.78, 5) is 17.3. The number of halogens is 1. The third-order valence-electron chi connectivity index (χ3n) is 5.13. The zero-order valence-electron chi connectivity index (χ0n) is 17.9. The number of rotatable bonds is 8. The molecule has 1 aromatic heterocycles. The highest BCUT2D eigenvalue weighted by molar-refractivity contribution is 6.30. The molecule has 7 heteroatoms. The van der Waals surface area contributed by atoms with Crippen LogP contribution in [0.1, 0.15) is 24.4 Å². The number of para-hydroxylation sites is 2. The average molecular weight is 450 g/mol. The molecule has 0 radical (unpaired) electrons. The molecule has 1 unspecified atom stereocenters. The number of benzene rings is 3. The van der Waals surface area contributed by atoms with Crippen LogP contribution in [0.3, 0.4) is 0 Å². The van der Waals surface area contributed by atoms with Gasteiger partial charge in [0.1, 0.15) is 17.3 Å². The summed E-state index contributed by atoms with van der Waals surface area (Å²) in [6, 6.07) is 22.5. The van der Waals surface area contributed by atoms with Crippen LogP contribution in [0.5, 0.6) is 11.5 Å². The number of carbonyl (C=O) groups excluding carboxylic acids is 1. The van der Waals surface area contributed by atoms with Crippen molar-refractivity contribution in [2.75, 3.05) is 13.7 Å². The van der Waals surface area contributed by atoms with E-state index in [0.717, 1.165) is 28.2 Å². The van der Waals surface area contributed by atoms with Gasteiger partial charge in [0, 0.05) is 11.6 Å². The van der Waals surface area contributed by atoms with Crippen molar-refractivity contribution in [3.05, 3.63) is 89.2 Å². The number of amides is 1. The van der Waals surface area contributed by atoms with Gasteiger partial charge < -0.3 is 19.4 Å². The van der Waals surface area contributed by atoms with E-state index in [-0.39, 0.29) is 18.6 Å². The largest absolute Gasteiger partial charge is 0.497 e. The third-order valence-corrected chi connectivity index (χ3v) is 5.38. The maximum atomic E-state index is 12.5. The minimum Gasteiger partial charge on any atom is -0.497 e. The summed E-state index contributed by atoms with van der Waals surface area (Å²) in [6.45, 7) is 2.46. The van der Waals surface area contributed by atoms with Crippen molar-refractivity contribution in [3.63, 3.8) is 0 Å². The van der Waals surface area contributed by atoms with Crippen molar-refractivity contribution >= 4 is 28.5 Å². The fourth-order valence-corrected chi connectivity index (χ4v) is 3.66. The van der Waals surface area contributed by atoms with Gasteiger partial charge >= 0.3 is 0 Å². The number of aromatic nitrogens is 2. The molecular weight excluding hydrogens is 426 g/mol. The maximum absolute atomic E-state index is 12.5. The lowest BCUT2D eigenvalue weighted by Crippen LogP contribution is -2.32. The molecule has 0 aliphatic carbocycles. The van der Waals surface area contributed by atoms with Gasteiger partial charge in [-0.05, 0) is 61.0 Å². The zero-order chi connectivity index (χ0) is 22.5. The molecule has 6 nitrogen and oxygen atoms in total. The first-order chi connectivity index (χ1) is 15.5. The monoisotopic (exact) mass is 449 g/mol. The van der Waals surface area contributed by atoms with Crippen LogP contribution in [0.25, 0.3) is 11.0 Å². The first-order valence-corrected chi connectivity index (χ1v) is 10.7. The van der Waals surface area contributed by atoms with Crippen LogP contribution in [-0.2, 0) is 11.3 Å². The van der Waals surface area contributed by atoms with Gasteiger partial charge in [-0.2, -0.15) is 0 Å². The molecule has 4 aromatic rings. The number of imidazole rings is 1. The van der Waals surface area contributed by atoms with E-state index in [1.165, 1.54) is 0 Å². The number of ether oxygens (including phenoxy) is 2. The molecule has 3 aromatic carbocycles. The summed E-state index contributed by atoms with van der Waals surface area (Å²) in [7, 11) is 1.65. The Morgan fingerprint density at radius 2 is 1.72 bits per heavy atom. The SMILES string of the molecule is COc1ccc(Cn2c(C(C)NC(=O)COc3ccc(Cl)cc3)nc3ccccc32)cc1. The quantitative estimate of drug-likeness (QED) is 0.411. The van der Waals surface area contributed by atoms with E-state index in [1.54, 1.807) is 31.4 Å². The van der Waals surface area contributed by atoms with Gasteiger partial charge in [0.15, 0.2) is 6.61 Å². The third kappa shape index (κ3) is 5.03. The van der Waals surface area contributed by atoms with Crippen molar-refractivity contribution in [1.29, 1.82) is 0 Å². The average Bonchev–Trinajstić information content (AvgIpc) is 3.18. The predicted molar refractivity (Wildman–Crippen MR) is 125 cm³/mol. The number of methoxy groups -OCH3 is 1. The second kappa shape index (κ2) is 9.75. The lowest BCUT2D eigenvalue weighted by molar-refractivity contribution is -0.123. The molecule has 0 bridgehead atoms. The number of carbonyl (C=O) groups is 1. The number of hydrogen-bond donors (Lipinski definition) is 1. The minimum absolute atomic E-state index is 0.0926. The molecule has 1 amide bonds. The van der Waals surface area contributed by atoms with Crippen LogP contribution in [0.4, 0.5) is 0 Å². The summed E-state index contributed by atoms with van der Waals surface area (Å²) in [5.74, 6) is 1.95. The molecule has 4 rings (SSSR count). The topological polar surface area (TPSA) is 65.4 Å². The molecule has 1 heterocycles. The lowest BCUT2D eigenvalue weighted by atomic mass is 10.2. The molecule has 164 valence electrons. The van der Waals surface area contributed by atoms with E-state index in [9.17, 15) is 4.79 Å². The van der Waals surface area contributed by atoms with Crippen molar-refractivity contribution < 1.29 is 14.3 Å². The summed E-state index contributed by atoms with van der Waals surface area (Å²) in [5.41, 5.74) is 3.01. The normalized spacial score (nSPS) is 11.8. The van der Waals surface area contributed by atoms with Crippen LogP contribution < -0.4 is 14.8 Å². The predicted octanol–water partition coefficient (Wildman–Crippen LogP) is 5.00. The molecule has 0 spiro atoms. The summed E-state index contributed by atoms with van der Waals surface area (Å²) in [6.07, 6.45) is 0. The molecule has 0 fully saturated rings. The number of nitrogens with one attached hydrogen (secondary N) is 1. The van der Waals surface area contributed by atoms with Crippen molar-refractivity contribution in [2.45, 2.75) is 19.5 Å². The second-order valence-electron chi connectivity index (χ2n) is 7.42. The van der Waals surface area contributed by atoms with E-state index < -0.39 is 0 Å². The Morgan fingerprint density at radius 3 is 2.44 bits per heavy atom. The zero-order valence-corrected chi connectivity index (χ0v) is 18.7. The lowest BCUT2D eigenvalue weighted by Gasteiger charge is -2.17. The van der Waals surface area contributed by atoms with Gasteiger partial charge in [0.25, 0.3) is 5.91 Å². The highest BCUT2D eigenvalue weighted by atomic mass is 35.5. The molecule has 0 aliphatic heterocycles. The highest BCUT2D eigenvalue weighted by Crippen LogP contribution is 2.23. The van der Waals surface area contributed by atoms with E-state index in [4.69, 9.17) is 26.1 Å². The van der Waals surface area contributed by atoms with Crippen molar-refractivity contribution in [3.8, 4) is 11.5 Å². The standard InChI is InChI=1S/C25H24ClN3O3/c1-17(27-24(30)16-32-21-13-9-19(26)10-14-21)25-28-22-5-3-4-6-23(22)29(25)15-18-7-11-20(31-2)12-8-18/h3-14,17H,15-16H2,1-2H3,(H,27,30). The first-order valence-electron chi connectivity index (χ1n) is 10.3. The van der Waals surface area contributed by atoms with Crippen LogP contribution >= 0.6 is 11.6 Å². The van der Waals surface area contributed by atoms with Gasteiger partial charge in [0.2, 0.25) is 0 Å². The van der Waals surface area contributed by atoms with Crippen LogP contribution in [0.15, 0.2) is 72.8 Å². The molecule has 0 saturated heterocycles. The number of nitrogens with zero attached hydrogens (tertiary/aromatic N) is 2. The molecule has 0 aliphatic rings. The minimum atomic E-state index is -0.304. The van der Waals surface area contributed by atoms with E-state index in [2.05, 4.69) is 9.88 Å². The Morgan fingerprint density at radius 1 is 1.03 bits per heavy atom. The second-order valence-corrected chi connectivity index (χ2v) is 7.86. The molecule has 0 saturated carbocycles. The Bertz CT molecular complexity index is 1200. The summed E-state index contributed by atoms with van der Waals surface area (Å²) in [5, 5.41) is 3.61. The number of fused-ring (bicyclic) bond motifs is 1.